The number of benzene rings is 1. The smallest absolute Gasteiger partial charge is 0.159 e. The molecule has 5 heteroatoms. The molecule has 2 nitrogen and oxygen atoms in total. The number of hydrogen-bond donors (Lipinski definition) is 0. The lowest BCUT2D eigenvalue weighted by molar-refractivity contribution is 0.244. The number of rotatable bonds is 2. The van der Waals surface area contributed by atoms with Gasteiger partial charge in [0.15, 0.2) is 3.92 Å². The van der Waals surface area contributed by atoms with Gasteiger partial charge in [0.1, 0.15) is 0 Å². The average molecular weight is 346 g/mol. The van der Waals surface area contributed by atoms with E-state index >= 15 is 0 Å². The molecule has 18 heavy (non-hydrogen) atoms. The van der Waals surface area contributed by atoms with Crippen molar-refractivity contribution in [2.75, 3.05) is 6.54 Å². The molecule has 2 heterocycles. The van der Waals surface area contributed by atoms with Crippen LogP contribution >= 0.6 is 39.7 Å². The number of halogens is 2. The molecule has 1 aliphatic heterocycles. The van der Waals surface area contributed by atoms with Crippen LogP contribution in [0.25, 0.3) is 0 Å². The maximum atomic E-state index is 4.54. The van der Waals surface area contributed by atoms with Crippen molar-refractivity contribution >= 4 is 39.7 Å². The fourth-order valence-electron chi connectivity index (χ4n) is 2.20. The molecule has 0 fully saturated rings. The highest BCUT2D eigenvalue weighted by Crippen LogP contribution is 2.28. The van der Waals surface area contributed by atoms with Crippen molar-refractivity contribution in [1.82, 2.24) is 9.88 Å². The molecule has 1 aromatic carbocycles. The van der Waals surface area contributed by atoms with Crippen LogP contribution < -0.4 is 0 Å². The number of thiazole rings is 1. The Bertz CT molecular complexity index is 515. The first-order valence-corrected chi connectivity index (χ1v) is 7.32. The van der Waals surface area contributed by atoms with Crippen LogP contribution in [0.1, 0.15) is 16.1 Å². The van der Waals surface area contributed by atoms with Crippen LogP contribution in [0.15, 0.2) is 34.2 Å². The Morgan fingerprint density at radius 1 is 1.28 bits per heavy atom. The van der Waals surface area contributed by atoms with Crippen LogP contribution in [0, 0.1) is 0 Å². The highest BCUT2D eigenvalue weighted by molar-refractivity contribution is 9.11. The first kappa shape index (κ1) is 14.0. The molecule has 0 atom stereocenters. The Kier molecular flexibility index (Phi) is 4.78. The number of aromatic nitrogens is 1. The molecule has 96 valence electrons. The van der Waals surface area contributed by atoms with Crippen LogP contribution in [-0.4, -0.2) is 16.4 Å². The monoisotopic (exact) mass is 344 g/mol. The first-order valence-electron chi connectivity index (χ1n) is 5.71. The van der Waals surface area contributed by atoms with E-state index in [1.54, 1.807) is 11.3 Å². The predicted molar refractivity (Wildman–Crippen MR) is 81.3 cm³/mol. The minimum Gasteiger partial charge on any atom is -0.293 e. The summed E-state index contributed by atoms with van der Waals surface area (Å²) in [4.78, 5) is 8.44. The van der Waals surface area contributed by atoms with Gasteiger partial charge in [-0.1, -0.05) is 30.3 Å². The molecule has 0 unspecified atom stereocenters. The van der Waals surface area contributed by atoms with Crippen molar-refractivity contribution in [2.24, 2.45) is 0 Å². The Balaban J connectivity index is 0.00000120. The summed E-state index contributed by atoms with van der Waals surface area (Å²) in [6, 6.07) is 10.6. The molecule has 1 aromatic heterocycles. The largest absolute Gasteiger partial charge is 0.293 e. The van der Waals surface area contributed by atoms with E-state index in [0.717, 1.165) is 30.0 Å². The molecule has 2 aromatic rings. The van der Waals surface area contributed by atoms with E-state index in [1.807, 2.05) is 0 Å². The van der Waals surface area contributed by atoms with Gasteiger partial charge in [-0.15, -0.1) is 23.7 Å². The second-order valence-electron chi connectivity index (χ2n) is 4.28. The van der Waals surface area contributed by atoms with Gasteiger partial charge in [-0.25, -0.2) is 4.98 Å². The van der Waals surface area contributed by atoms with E-state index < -0.39 is 0 Å². The van der Waals surface area contributed by atoms with Gasteiger partial charge in [-0.3, -0.25) is 4.90 Å². The summed E-state index contributed by atoms with van der Waals surface area (Å²) in [5, 5.41) is 0. The van der Waals surface area contributed by atoms with Gasteiger partial charge in [0.2, 0.25) is 0 Å². The number of fused-ring (bicyclic) bond motifs is 1. The van der Waals surface area contributed by atoms with Crippen LogP contribution in [0.5, 0.6) is 0 Å². The molecule has 3 rings (SSSR count). The molecule has 0 aliphatic carbocycles. The van der Waals surface area contributed by atoms with Crippen LogP contribution in [-0.2, 0) is 19.5 Å². The van der Waals surface area contributed by atoms with E-state index in [9.17, 15) is 0 Å². The Hall–Kier alpha value is -0.420. The lowest BCUT2D eigenvalue weighted by Gasteiger charge is -2.25. The summed E-state index contributed by atoms with van der Waals surface area (Å²) in [6.07, 6.45) is 1.13. The number of hydrogen-bond acceptors (Lipinski definition) is 3. The van der Waals surface area contributed by atoms with Gasteiger partial charge in [-0.05, 0) is 27.9 Å². The zero-order valence-corrected chi connectivity index (χ0v) is 13.0. The average Bonchev–Trinajstić information content (AvgIpc) is 2.70. The van der Waals surface area contributed by atoms with Gasteiger partial charge in [0, 0.05) is 24.5 Å². The topological polar surface area (TPSA) is 16.1 Å². The Morgan fingerprint density at radius 2 is 2.06 bits per heavy atom. The molecule has 0 saturated carbocycles. The van der Waals surface area contributed by atoms with Crippen molar-refractivity contribution in [3.8, 4) is 0 Å². The standard InChI is InChI=1S/C13H13BrN2S.ClH/c14-13-15-11-9-16(7-6-12(11)17-13)8-10-4-2-1-3-5-10;/h1-5H,6-9H2;1H. The highest BCUT2D eigenvalue weighted by Gasteiger charge is 2.19. The van der Waals surface area contributed by atoms with E-state index in [4.69, 9.17) is 0 Å². The Labute approximate surface area is 126 Å². The van der Waals surface area contributed by atoms with Crippen LogP contribution in [0.2, 0.25) is 0 Å². The zero-order chi connectivity index (χ0) is 11.7. The second-order valence-corrected chi connectivity index (χ2v) is 6.64. The fraction of sp³-hybridized carbons (Fsp3) is 0.308. The van der Waals surface area contributed by atoms with Gasteiger partial charge < -0.3 is 0 Å². The maximum absolute atomic E-state index is 4.54. The number of nitrogens with zero attached hydrogens (tertiary/aromatic N) is 2. The van der Waals surface area contributed by atoms with E-state index in [-0.39, 0.29) is 12.4 Å². The lowest BCUT2D eigenvalue weighted by atomic mass is 10.1. The summed E-state index contributed by atoms with van der Waals surface area (Å²) in [6.45, 7) is 3.14. The minimum atomic E-state index is 0. The molecule has 0 N–H and O–H groups in total. The van der Waals surface area contributed by atoms with Gasteiger partial charge in [0.25, 0.3) is 0 Å². The molecule has 0 bridgehead atoms. The third-order valence-corrected chi connectivity index (χ3v) is 4.64. The third-order valence-electron chi connectivity index (χ3n) is 3.03. The molecule has 0 saturated heterocycles. The molecule has 0 spiro atoms. The fourth-order valence-corrected chi connectivity index (χ4v) is 3.78. The SMILES string of the molecule is Brc1nc2c(s1)CCN(Cc1ccccc1)C2.Cl. The summed E-state index contributed by atoms with van der Waals surface area (Å²) in [7, 11) is 0. The summed E-state index contributed by atoms with van der Waals surface area (Å²) >= 11 is 5.25. The van der Waals surface area contributed by atoms with Gasteiger partial charge in [-0.2, -0.15) is 0 Å². The van der Waals surface area contributed by atoms with Crippen molar-refractivity contribution in [3.05, 3.63) is 50.4 Å². The van der Waals surface area contributed by atoms with Crippen molar-refractivity contribution < 1.29 is 0 Å². The minimum absolute atomic E-state index is 0. The van der Waals surface area contributed by atoms with E-state index in [2.05, 4.69) is 56.1 Å². The van der Waals surface area contributed by atoms with Crippen LogP contribution in [0.3, 0.4) is 0 Å². The molecule has 0 radical (unpaired) electrons. The molecular weight excluding hydrogens is 332 g/mol. The summed E-state index contributed by atoms with van der Waals surface area (Å²) < 4.78 is 1.02. The quantitative estimate of drug-likeness (QED) is 0.821. The normalized spacial score (nSPS) is 14.9. The van der Waals surface area contributed by atoms with Crippen molar-refractivity contribution in [1.29, 1.82) is 0 Å². The van der Waals surface area contributed by atoms with Crippen LogP contribution in [0.4, 0.5) is 0 Å². The lowest BCUT2D eigenvalue weighted by Crippen LogP contribution is -2.29. The van der Waals surface area contributed by atoms with E-state index in [1.165, 1.54) is 16.1 Å². The van der Waals surface area contributed by atoms with Gasteiger partial charge in [0.05, 0.1) is 5.69 Å². The highest BCUT2D eigenvalue weighted by atomic mass is 79.9. The third kappa shape index (κ3) is 3.12. The predicted octanol–water partition coefficient (Wildman–Crippen LogP) is 3.89. The first-order chi connectivity index (χ1) is 8.31. The zero-order valence-electron chi connectivity index (χ0n) is 9.80. The Morgan fingerprint density at radius 3 is 2.83 bits per heavy atom. The van der Waals surface area contributed by atoms with Crippen molar-refractivity contribution in [3.63, 3.8) is 0 Å². The second kappa shape index (κ2) is 6.15. The molecule has 1 aliphatic rings. The van der Waals surface area contributed by atoms with Gasteiger partial charge >= 0.3 is 0 Å². The molecular formula is C13H14BrClN2S. The maximum Gasteiger partial charge on any atom is 0.159 e. The van der Waals surface area contributed by atoms with Crippen molar-refractivity contribution in [2.45, 2.75) is 19.5 Å². The summed E-state index contributed by atoms with van der Waals surface area (Å²) in [5.74, 6) is 0. The molecule has 0 amide bonds. The van der Waals surface area contributed by atoms with E-state index in [0.29, 0.717) is 0 Å². The summed E-state index contributed by atoms with van der Waals surface area (Å²) in [5.41, 5.74) is 2.63.